The van der Waals surface area contributed by atoms with Gasteiger partial charge >= 0.3 is 6.18 Å². The van der Waals surface area contributed by atoms with Crippen LogP contribution in [0.5, 0.6) is 0 Å². The molecule has 0 bridgehead atoms. The van der Waals surface area contributed by atoms with Gasteiger partial charge in [0.2, 0.25) is 11.6 Å². The van der Waals surface area contributed by atoms with Crippen LogP contribution in [0.4, 0.5) is 24.5 Å². The average Bonchev–Trinajstić information content (AvgIpc) is 3.00. The molecule has 5 nitrogen and oxygen atoms in total. The van der Waals surface area contributed by atoms with E-state index in [1.807, 2.05) is 42.5 Å². The first-order chi connectivity index (χ1) is 13.9. The first kappa shape index (κ1) is 17.3. The van der Waals surface area contributed by atoms with Crippen LogP contribution in [0.2, 0.25) is 0 Å². The Hall–Kier alpha value is -3.81. The monoisotopic (exact) mass is 392 g/mol. The van der Waals surface area contributed by atoms with Gasteiger partial charge in [-0.05, 0) is 30.3 Å². The molecule has 0 aliphatic heterocycles. The van der Waals surface area contributed by atoms with E-state index in [9.17, 15) is 18.0 Å². The van der Waals surface area contributed by atoms with E-state index in [-0.39, 0.29) is 16.8 Å². The number of aromatic nitrogens is 3. The summed E-state index contributed by atoms with van der Waals surface area (Å²) in [6.07, 6.45) is -2.29. The lowest BCUT2D eigenvalue weighted by molar-refractivity contribution is -0.145. The zero-order valence-corrected chi connectivity index (χ0v) is 14.7. The Morgan fingerprint density at radius 3 is 2.38 bits per heavy atom. The van der Waals surface area contributed by atoms with Crippen LogP contribution in [-0.2, 0) is 6.18 Å². The number of halogens is 3. The van der Waals surface area contributed by atoms with Crippen LogP contribution in [-0.4, -0.2) is 20.7 Å². The van der Waals surface area contributed by atoms with Gasteiger partial charge in [-0.3, -0.25) is 9.78 Å². The van der Waals surface area contributed by atoms with Crippen molar-refractivity contribution in [1.29, 1.82) is 0 Å². The van der Waals surface area contributed by atoms with E-state index in [0.29, 0.717) is 16.5 Å². The second-order valence-electron chi connectivity index (χ2n) is 6.55. The van der Waals surface area contributed by atoms with Gasteiger partial charge in [-0.2, -0.15) is 13.2 Å². The molecule has 2 heterocycles. The predicted octanol–water partition coefficient (Wildman–Crippen LogP) is 5.00. The number of nitrogens with zero attached hydrogens (tertiary/aromatic N) is 3. The molecule has 0 saturated heterocycles. The van der Waals surface area contributed by atoms with Crippen molar-refractivity contribution in [2.24, 2.45) is 0 Å². The SMILES string of the molecule is O=C1c2cnc3ccc(Nc4ccccc4)cc3c2-c2cnc(C(F)(F)F)nc21. The molecule has 2 aromatic carbocycles. The van der Waals surface area contributed by atoms with E-state index in [4.69, 9.17) is 0 Å². The number of hydrogen-bond acceptors (Lipinski definition) is 5. The number of rotatable bonds is 2. The first-order valence-electron chi connectivity index (χ1n) is 8.66. The number of fused-ring (bicyclic) bond motifs is 5. The molecule has 0 fully saturated rings. The fourth-order valence-electron chi connectivity index (χ4n) is 3.42. The number of alkyl halides is 3. The molecule has 1 aliphatic rings. The molecule has 2 aromatic heterocycles. The topological polar surface area (TPSA) is 67.8 Å². The number of benzene rings is 2. The molecule has 0 spiro atoms. The number of anilines is 2. The third-order valence-electron chi connectivity index (χ3n) is 4.70. The van der Waals surface area contributed by atoms with Crippen LogP contribution in [0.3, 0.4) is 0 Å². The molecule has 142 valence electrons. The van der Waals surface area contributed by atoms with Crippen molar-refractivity contribution >= 4 is 28.1 Å². The molecule has 0 saturated carbocycles. The highest BCUT2D eigenvalue weighted by Crippen LogP contribution is 2.41. The molecular formula is C21H11F3N4O. The molecule has 1 N–H and O–H groups in total. The number of para-hydroxylation sites is 1. The number of carbonyl (C=O) groups excluding carboxylic acids is 1. The Morgan fingerprint density at radius 1 is 0.862 bits per heavy atom. The van der Waals surface area contributed by atoms with Crippen LogP contribution >= 0.6 is 0 Å². The fourth-order valence-corrected chi connectivity index (χ4v) is 3.42. The second-order valence-corrected chi connectivity index (χ2v) is 6.55. The number of pyridine rings is 1. The summed E-state index contributed by atoms with van der Waals surface area (Å²) in [5, 5.41) is 3.90. The molecular weight excluding hydrogens is 381 g/mol. The van der Waals surface area contributed by atoms with Crippen molar-refractivity contribution in [3.05, 3.63) is 78.0 Å². The van der Waals surface area contributed by atoms with Gasteiger partial charge in [-0.25, -0.2) is 9.97 Å². The highest BCUT2D eigenvalue weighted by atomic mass is 19.4. The Bertz CT molecular complexity index is 1290. The lowest BCUT2D eigenvalue weighted by Crippen LogP contribution is -2.13. The molecule has 0 atom stereocenters. The Morgan fingerprint density at radius 2 is 1.62 bits per heavy atom. The summed E-state index contributed by atoms with van der Waals surface area (Å²) in [6, 6.07) is 14.9. The molecule has 0 unspecified atom stereocenters. The predicted molar refractivity (Wildman–Crippen MR) is 101 cm³/mol. The summed E-state index contributed by atoms with van der Waals surface area (Å²) in [5.74, 6) is -1.92. The minimum absolute atomic E-state index is 0.220. The lowest BCUT2D eigenvalue weighted by Gasteiger charge is -2.10. The molecule has 0 amide bonds. The Balaban J connectivity index is 1.68. The molecule has 0 radical (unpaired) electrons. The van der Waals surface area contributed by atoms with E-state index < -0.39 is 17.8 Å². The largest absolute Gasteiger partial charge is 0.451 e. The Labute approximate surface area is 162 Å². The van der Waals surface area contributed by atoms with E-state index in [1.54, 1.807) is 6.07 Å². The number of nitrogens with one attached hydrogen (secondary N) is 1. The van der Waals surface area contributed by atoms with E-state index in [1.165, 1.54) is 6.20 Å². The van der Waals surface area contributed by atoms with Gasteiger partial charge in [0, 0.05) is 40.3 Å². The third-order valence-corrected chi connectivity index (χ3v) is 4.70. The minimum Gasteiger partial charge on any atom is -0.356 e. The summed E-state index contributed by atoms with van der Waals surface area (Å²) in [5.41, 5.74) is 3.00. The van der Waals surface area contributed by atoms with E-state index in [2.05, 4.69) is 20.3 Å². The van der Waals surface area contributed by atoms with Gasteiger partial charge in [0.15, 0.2) is 0 Å². The van der Waals surface area contributed by atoms with Gasteiger partial charge < -0.3 is 5.32 Å². The van der Waals surface area contributed by atoms with Crippen LogP contribution in [0, 0.1) is 0 Å². The summed E-state index contributed by atoms with van der Waals surface area (Å²) < 4.78 is 38.9. The summed E-state index contributed by atoms with van der Waals surface area (Å²) >= 11 is 0. The molecule has 4 aromatic rings. The molecule has 1 aliphatic carbocycles. The van der Waals surface area contributed by atoms with Crippen LogP contribution in [0.25, 0.3) is 22.0 Å². The van der Waals surface area contributed by atoms with Crippen molar-refractivity contribution in [3.63, 3.8) is 0 Å². The zero-order chi connectivity index (χ0) is 20.2. The van der Waals surface area contributed by atoms with E-state index in [0.717, 1.165) is 17.6 Å². The third kappa shape index (κ3) is 2.80. The van der Waals surface area contributed by atoms with Crippen molar-refractivity contribution in [2.75, 3.05) is 5.32 Å². The van der Waals surface area contributed by atoms with Gasteiger partial charge in [-0.1, -0.05) is 18.2 Å². The van der Waals surface area contributed by atoms with Crippen LogP contribution in [0.1, 0.15) is 21.9 Å². The standard InChI is InChI=1S/C21H11F3N4O/c22-21(23,24)20-26-9-14-17-13-8-12(27-11-4-2-1-3-5-11)6-7-16(13)25-10-15(17)19(29)18(14)28-20/h1-10,27H. The maximum absolute atomic E-state index is 13.0. The van der Waals surface area contributed by atoms with Crippen molar-refractivity contribution < 1.29 is 18.0 Å². The first-order valence-corrected chi connectivity index (χ1v) is 8.66. The molecule has 8 heteroatoms. The van der Waals surface area contributed by atoms with Gasteiger partial charge in [-0.15, -0.1) is 0 Å². The van der Waals surface area contributed by atoms with Crippen molar-refractivity contribution in [2.45, 2.75) is 6.18 Å². The van der Waals surface area contributed by atoms with Crippen molar-refractivity contribution in [3.8, 4) is 11.1 Å². The van der Waals surface area contributed by atoms with Gasteiger partial charge in [0.1, 0.15) is 5.69 Å². The van der Waals surface area contributed by atoms with Gasteiger partial charge in [0.25, 0.3) is 0 Å². The maximum atomic E-state index is 13.0. The van der Waals surface area contributed by atoms with Crippen molar-refractivity contribution in [1.82, 2.24) is 15.0 Å². The molecule has 29 heavy (non-hydrogen) atoms. The average molecular weight is 392 g/mol. The lowest BCUT2D eigenvalue weighted by atomic mass is 10.0. The highest BCUT2D eigenvalue weighted by Gasteiger charge is 2.38. The second kappa shape index (κ2) is 6.10. The summed E-state index contributed by atoms with van der Waals surface area (Å²) in [7, 11) is 0. The van der Waals surface area contributed by atoms with E-state index >= 15 is 0 Å². The number of hydrogen-bond donors (Lipinski definition) is 1. The fraction of sp³-hybridized carbons (Fsp3) is 0.0476. The Kier molecular flexibility index (Phi) is 3.64. The normalized spacial score (nSPS) is 12.7. The number of ketones is 1. The van der Waals surface area contributed by atoms with Crippen LogP contribution in [0.15, 0.2) is 60.9 Å². The smallest absolute Gasteiger partial charge is 0.356 e. The summed E-state index contributed by atoms with van der Waals surface area (Å²) in [4.78, 5) is 23.9. The minimum atomic E-state index is -4.73. The maximum Gasteiger partial charge on any atom is 0.451 e. The number of carbonyl (C=O) groups is 1. The molecule has 5 rings (SSSR count). The quantitative estimate of drug-likeness (QED) is 0.458. The van der Waals surface area contributed by atoms with Crippen LogP contribution < -0.4 is 5.32 Å². The van der Waals surface area contributed by atoms with Gasteiger partial charge in [0.05, 0.1) is 11.1 Å². The zero-order valence-electron chi connectivity index (χ0n) is 14.7. The highest BCUT2D eigenvalue weighted by molar-refractivity contribution is 6.24. The summed E-state index contributed by atoms with van der Waals surface area (Å²) in [6.45, 7) is 0.